The Balaban J connectivity index is 4.26. The lowest BCUT2D eigenvalue weighted by Crippen LogP contribution is -2.30. The Morgan fingerprint density at radius 3 is 0.866 bits per heavy atom. The lowest BCUT2D eigenvalue weighted by atomic mass is 10.0. The molecule has 82 heavy (non-hydrogen) atoms. The average molecular weight is 1140 g/mol. The molecular formula is C76H126O6. The van der Waals surface area contributed by atoms with Gasteiger partial charge in [0.25, 0.3) is 0 Å². The summed E-state index contributed by atoms with van der Waals surface area (Å²) in [7, 11) is 0. The molecule has 0 aliphatic rings. The van der Waals surface area contributed by atoms with Crippen LogP contribution in [0.4, 0.5) is 0 Å². The van der Waals surface area contributed by atoms with Gasteiger partial charge in [-0.1, -0.05) is 309 Å². The summed E-state index contributed by atoms with van der Waals surface area (Å²) in [6, 6.07) is 0. The molecule has 0 aromatic heterocycles. The van der Waals surface area contributed by atoms with Gasteiger partial charge in [-0.15, -0.1) is 0 Å². The molecule has 0 bridgehead atoms. The van der Waals surface area contributed by atoms with Gasteiger partial charge >= 0.3 is 17.9 Å². The highest BCUT2D eigenvalue weighted by molar-refractivity contribution is 5.72. The van der Waals surface area contributed by atoms with Crippen LogP contribution >= 0.6 is 0 Å². The molecular weight excluding hydrogens is 1010 g/mol. The van der Waals surface area contributed by atoms with Crippen molar-refractivity contribution >= 4 is 17.9 Å². The molecule has 0 radical (unpaired) electrons. The first-order valence-corrected chi connectivity index (χ1v) is 34.2. The summed E-state index contributed by atoms with van der Waals surface area (Å²) in [5.41, 5.74) is 0. The molecule has 0 saturated heterocycles. The molecule has 0 aliphatic carbocycles. The SMILES string of the molecule is CC/C=C\C/C=C\C/C=C\C/C=C\C/C=C\CCCCCCCCCCCCCCCCCCCC(=O)OCC(COC(=O)C/C=C\C/C=C\C/C=C\C/C=C\C/C=C\CC)OC(=O)CCCCCCC/C=C\CCCCCCCCC. The fourth-order valence-corrected chi connectivity index (χ4v) is 9.36. The number of carbonyl (C=O) groups is 3. The first-order valence-electron chi connectivity index (χ1n) is 34.2. The standard InChI is InChI=1S/C76H126O6/c1-4-7-10-13-16-19-22-25-28-30-31-32-33-34-35-36-37-38-39-40-41-42-43-44-45-46-49-51-54-57-60-63-66-69-75(78)81-72-73(71-80-74(77)68-65-62-59-56-53-50-47-27-24-21-18-15-12-9-6-3)82-76(79)70-67-64-61-58-55-52-48-29-26-23-20-17-14-11-8-5-2/h7,9-10,12,16,18-19,21,25,27-29,31-32,34-35,47-48,53,56,62,65,73H,4-6,8,11,13-15,17,20,22-24,26,30,33,36-46,49-52,54-55,57-61,63-64,66-72H2,1-3H3/b10-7-,12-9-,19-16-,21-18-,28-25-,32-31-,35-34-,47-27-,48-29-,56-53-,65-62-. The summed E-state index contributed by atoms with van der Waals surface area (Å²) in [4.78, 5) is 38.3. The summed E-state index contributed by atoms with van der Waals surface area (Å²) in [5, 5.41) is 0. The third kappa shape index (κ3) is 66.4. The Labute approximate surface area is 506 Å². The van der Waals surface area contributed by atoms with Gasteiger partial charge in [0, 0.05) is 12.8 Å². The fraction of sp³-hybridized carbons (Fsp3) is 0.671. The lowest BCUT2D eigenvalue weighted by Gasteiger charge is -2.18. The minimum absolute atomic E-state index is 0.112. The van der Waals surface area contributed by atoms with Gasteiger partial charge in [-0.05, 0) is 116 Å². The predicted molar refractivity (Wildman–Crippen MR) is 357 cm³/mol. The predicted octanol–water partition coefficient (Wildman–Crippen LogP) is 23.7. The van der Waals surface area contributed by atoms with Gasteiger partial charge in [0.2, 0.25) is 0 Å². The van der Waals surface area contributed by atoms with Gasteiger partial charge < -0.3 is 14.2 Å². The van der Waals surface area contributed by atoms with E-state index < -0.39 is 12.1 Å². The second kappa shape index (κ2) is 69.0. The van der Waals surface area contributed by atoms with Gasteiger partial charge in [0.1, 0.15) is 13.2 Å². The molecule has 6 heteroatoms. The summed E-state index contributed by atoms with van der Waals surface area (Å²) in [6.45, 7) is 6.33. The van der Waals surface area contributed by atoms with Gasteiger partial charge in [0.15, 0.2) is 6.10 Å². The second-order valence-corrected chi connectivity index (χ2v) is 22.3. The van der Waals surface area contributed by atoms with Gasteiger partial charge in [0.05, 0.1) is 6.42 Å². The summed E-state index contributed by atoms with van der Waals surface area (Å²) in [6.07, 6.45) is 97.9. The Morgan fingerprint density at radius 2 is 0.524 bits per heavy atom. The summed E-state index contributed by atoms with van der Waals surface area (Å²) in [5.74, 6) is -1.05. The van der Waals surface area contributed by atoms with Crippen LogP contribution in [0.1, 0.15) is 310 Å². The van der Waals surface area contributed by atoms with Gasteiger partial charge in [-0.3, -0.25) is 14.4 Å². The molecule has 0 aromatic rings. The zero-order valence-electron chi connectivity index (χ0n) is 53.5. The molecule has 0 aromatic carbocycles. The molecule has 0 N–H and O–H groups in total. The van der Waals surface area contributed by atoms with Crippen molar-refractivity contribution in [1.82, 2.24) is 0 Å². The third-order valence-corrected chi connectivity index (χ3v) is 14.4. The van der Waals surface area contributed by atoms with Crippen molar-refractivity contribution in [3.05, 3.63) is 134 Å². The molecule has 0 spiro atoms. The minimum atomic E-state index is -0.825. The average Bonchev–Trinajstić information content (AvgIpc) is 3.47. The normalized spacial score (nSPS) is 13.0. The Bertz CT molecular complexity index is 1730. The molecule has 6 nitrogen and oxygen atoms in total. The minimum Gasteiger partial charge on any atom is -0.462 e. The van der Waals surface area contributed by atoms with E-state index in [-0.39, 0.29) is 31.6 Å². The zero-order chi connectivity index (χ0) is 59.2. The Kier molecular flexibility index (Phi) is 65.3. The van der Waals surface area contributed by atoms with Crippen LogP contribution < -0.4 is 0 Å². The van der Waals surface area contributed by atoms with Crippen molar-refractivity contribution < 1.29 is 28.6 Å². The number of rotatable bonds is 61. The number of allylic oxidation sites excluding steroid dienone is 21. The number of unbranched alkanes of at least 4 members (excludes halogenated alkanes) is 29. The van der Waals surface area contributed by atoms with Gasteiger partial charge in [-0.2, -0.15) is 0 Å². The number of hydrogen-bond donors (Lipinski definition) is 0. The van der Waals surface area contributed by atoms with Crippen molar-refractivity contribution in [2.45, 2.75) is 316 Å². The van der Waals surface area contributed by atoms with E-state index in [9.17, 15) is 14.4 Å². The largest absolute Gasteiger partial charge is 0.462 e. The van der Waals surface area contributed by atoms with E-state index in [0.29, 0.717) is 12.8 Å². The molecule has 0 aliphatic heterocycles. The molecule has 1 unspecified atom stereocenters. The molecule has 0 amide bonds. The molecule has 0 saturated carbocycles. The van der Waals surface area contributed by atoms with E-state index in [1.165, 1.54) is 154 Å². The van der Waals surface area contributed by atoms with E-state index in [4.69, 9.17) is 14.2 Å². The van der Waals surface area contributed by atoms with E-state index in [0.717, 1.165) is 116 Å². The van der Waals surface area contributed by atoms with E-state index >= 15 is 0 Å². The summed E-state index contributed by atoms with van der Waals surface area (Å²) < 4.78 is 16.8. The molecule has 1 atom stereocenters. The molecule has 0 heterocycles. The van der Waals surface area contributed by atoms with Crippen LogP contribution in [0.2, 0.25) is 0 Å². The number of carbonyl (C=O) groups excluding carboxylic acids is 3. The van der Waals surface area contributed by atoms with Crippen molar-refractivity contribution in [3.8, 4) is 0 Å². The number of esters is 3. The lowest BCUT2D eigenvalue weighted by molar-refractivity contribution is -0.166. The molecule has 0 rings (SSSR count). The smallest absolute Gasteiger partial charge is 0.309 e. The monoisotopic (exact) mass is 1130 g/mol. The van der Waals surface area contributed by atoms with Gasteiger partial charge in [-0.25, -0.2) is 0 Å². The van der Waals surface area contributed by atoms with Crippen LogP contribution in [0.25, 0.3) is 0 Å². The highest BCUT2D eigenvalue weighted by Gasteiger charge is 2.19. The van der Waals surface area contributed by atoms with Crippen molar-refractivity contribution in [2.75, 3.05) is 13.2 Å². The van der Waals surface area contributed by atoms with Crippen molar-refractivity contribution in [1.29, 1.82) is 0 Å². The topological polar surface area (TPSA) is 78.9 Å². The quantitative estimate of drug-likeness (QED) is 0.0261. The van der Waals surface area contributed by atoms with Crippen LogP contribution in [-0.4, -0.2) is 37.2 Å². The van der Waals surface area contributed by atoms with Crippen LogP contribution in [0.15, 0.2) is 134 Å². The van der Waals surface area contributed by atoms with E-state index in [2.05, 4.69) is 142 Å². The number of ether oxygens (including phenoxy) is 3. The Hall–Kier alpha value is -4.45. The maximum atomic E-state index is 12.9. The van der Waals surface area contributed by atoms with E-state index in [1.54, 1.807) is 6.08 Å². The first kappa shape index (κ1) is 77.5. The van der Waals surface area contributed by atoms with Crippen molar-refractivity contribution in [3.63, 3.8) is 0 Å². The molecule has 466 valence electrons. The first-order chi connectivity index (χ1) is 40.5. The third-order valence-electron chi connectivity index (χ3n) is 14.4. The second-order valence-electron chi connectivity index (χ2n) is 22.3. The van der Waals surface area contributed by atoms with E-state index in [1.807, 2.05) is 6.08 Å². The highest BCUT2D eigenvalue weighted by Crippen LogP contribution is 2.16. The van der Waals surface area contributed by atoms with Crippen LogP contribution in [0, 0.1) is 0 Å². The Morgan fingerprint density at radius 1 is 0.268 bits per heavy atom. The summed E-state index contributed by atoms with van der Waals surface area (Å²) >= 11 is 0. The maximum Gasteiger partial charge on any atom is 0.309 e. The van der Waals surface area contributed by atoms with Crippen molar-refractivity contribution in [2.24, 2.45) is 0 Å². The highest BCUT2D eigenvalue weighted by atomic mass is 16.6. The fourth-order valence-electron chi connectivity index (χ4n) is 9.36. The molecule has 0 fully saturated rings. The van der Waals surface area contributed by atoms with Crippen LogP contribution in [0.5, 0.6) is 0 Å². The van der Waals surface area contributed by atoms with Crippen LogP contribution in [0.3, 0.4) is 0 Å². The maximum absolute atomic E-state index is 12.9. The zero-order valence-corrected chi connectivity index (χ0v) is 53.5. The van der Waals surface area contributed by atoms with Crippen LogP contribution in [-0.2, 0) is 28.6 Å². The number of hydrogen-bond acceptors (Lipinski definition) is 6.